The molecule has 1 unspecified atom stereocenters. The SMILES string of the molecule is COCc1c(C(=O)N(C)C(C)c2cc(F)ccc2F)sc2cccc(F)c12. The van der Waals surface area contributed by atoms with Crippen molar-refractivity contribution in [2.75, 3.05) is 14.2 Å². The Morgan fingerprint density at radius 3 is 2.63 bits per heavy atom. The molecule has 0 N–H and O–H groups in total. The number of ether oxygens (including phenoxy) is 1. The largest absolute Gasteiger partial charge is 0.380 e. The number of amides is 1. The van der Waals surface area contributed by atoms with E-state index in [9.17, 15) is 18.0 Å². The zero-order valence-electron chi connectivity index (χ0n) is 15.1. The summed E-state index contributed by atoms with van der Waals surface area (Å²) in [6.07, 6.45) is 0. The van der Waals surface area contributed by atoms with E-state index in [1.165, 1.54) is 25.1 Å². The molecular weight excluding hydrogens is 375 g/mol. The van der Waals surface area contributed by atoms with Crippen LogP contribution in [0.4, 0.5) is 13.2 Å². The lowest BCUT2D eigenvalue weighted by Crippen LogP contribution is -2.30. The van der Waals surface area contributed by atoms with E-state index in [1.807, 2.05) is 0 Å². The third kappa shape index (κ3) is 3.57. The molecular formula is C20H18F3NO2S. The number of thiophene rings is 1. The molecule has 0 aliphatic heterocycles. The van der Waals surface area contributed by atoms with E-state index in [1.54, 1.807) is 19.1 Å². The van der Waals surface area contributed by atoms with Crippen LogP contribution in [0.1, 0.15) is 33.8 Å². The Morgan fingerprint density at radius 2 is 1.93 bits per heavy atom. The molecule has 3 nitrogen and oxygen atoms in total. The third-order valence-corrected chi connectivity index (χ3v) is 5.74. The average molecular weight is 393 g/mol. The fourth-order valence-electron chi connectivity index (χ4n) is 3.00. The molecule has 0 saturated carbocycles. The normalized spacial score (nSPS) is 12.4. The summed E-state index contributed by atoms with van der Waals surface area (Å²) in [4.78, 5) is 14.7. The number of nitrogens with zero attached hydrogens (tertiary/aromatic N) is 1. The quantitative estimate of drug-likeness (QED) is 0.589. The van der Waals surface area contributed by atoms with Crippen LogP contribution in [0.2, 0.25) is 0 Å². The van der Waals surface area contributed by atoms with E-state index < -0.39 is 29.4 Å². The van der Waals surface area contributed by atoms with Crippen LogP contribution in [0.15, 0.2) is 36.4 Å². The Bertz CT molecular complexity index is 1000. The maximum Gasteiger partial charge on any atom is 0.264 e. The van der Waals surface area contributed by atoms with Gasteiger partial charge in [0.25, 0.3) is 5.91 Å². The van der Waals surface area contributed by atoms with E-state index in [-0.39, 0.29) is 12.2 Å². The van der Waals surface area contributed by atoms with Crippen molar-refractivity contribution in [1.82, 2.24) is 4.90 Å². The molecule has 0 bridgehead atoms. The number of carbonyl (C=O) groups excluding carboxylic acids is 1. The van der Waals surface area contributed by atoms with Gasteiger partial charge in [-0.2, -0.15) is 0 Å². The van der Waals surface area contributed by atoms with Crippen LogP contribution in [-0.4, -0.2) is 25.0 Å². The predicted octanol–water partition coefficient (Wildman–Crippen LogP) is 5.30. The first kappa shape index (κ1) is 19.4. The topological polar surface area (TPSA) is 29.5 Å². The average Bonchev–Trinajstić information content (AvgIpc) is 3.02. The van der Waals surface area contributed by atoms with Gasteiger partial charge in [0.15, 0.2) is 0 Å². The van der Waals surface area contributed by atoms with Crippen LogP contribution in [0.5, 0.6) is 0 Å². The summed E-state index contributed by atoms with van der Waals surface area (Å²) in [6.45, 7) is 1.68. The summed E-state index contributed by atoms with van der Waals surface area (Å²) < 4.78 is 47.7. The van der Waals surface area contributed by atoms with Gasteiger partial charge in [0, 0.05) is 35.4 Å². The maximum absolute atomic E-state index is 14.3. The molecule has 1 atom stereocenters. The summed E-state index contributed by atoms with van der Waals surface area (Å²) in [5, 5.41) is 0.352. The molecule has 0 radical (unpaired) electrons. The van der Waals surface area contributed by atoms with Crippen molar-refractivity contribution >= 4 is 27.3 Å². The van der Waals surface area contributed by atoms with E-state index >= 15 is 0 Å². The van der Waals surface area contributed by atoms with Crippen molar-refractivity contribution in [1.29, 1.82) is 0 Å². The lowest BCUT2D eigenvalue weighted by atomic mass is 10.1. The minimum absolute atomic E-state index is 0.0680. The molecule has 1 aromatic heterocycles. The van der Waals surface area contributed by atoms with Crippen LogP contribution >= 0.6 is 11.3 Å². The van der Waals surface area contributed by atoms with Crippen LogP contribution < -0.4 is 0 Å². The van der Waals surface area contributed by atoms with Crippen molar-refractivity contribution in [2.24, 2.45) is 0 Å². The van der Waals surface area contributed by atoms with Gasteiger partial charge in [-0.15, -0.1) is 11.3 Å². The Balaban J connectivity index is 2.03. The van der Waals surface area contributed by atoms with Crippen LogP contribution in [0, 0.1) is 17.5 Å². The number of hydrogen-bond donors (Lipinski definition) is 0. The Kier molecular flexibility index (Phi) is 5.53. The van der Waals surface area contributed by atoms with Crippen molar-refractivity contribution in [3.05, 3.63) is 69.9 Å². The highest BCUT2D eigenvalue weighted by Gasteiger charge is 2.27. The van der Waals surface area contributed by atoms with E-state index in [0.717, 1.165) is 29.5 Å². The standard InChI is InChI=1S/C20H18F3NO2S/c1-11(13-9-12(21)7-8-15(13)22)24(2)20(25)19-14(10-26-3)18-16(23)5-4-6-17(18)27-19/h4-9,11H,10H2,1-3H3. The van der Waals surface area contributed by atoms with E-state index in [0.29, 0.717) is 20.5 Å². The van der Waals surface area contributed by atoms with E-state index in [2.05, 4.69) is 0 Å². The molecule has 0 aliphatic rings. The summed E-state index contributed by atoms with van der Waals surface area (Å²) in [6, 6.07) is 7.06. The highest BCUT2D eigenvalue weighted by molar-refractivity contribution is 7.21. The summed E-state index contributed by atoms with van der Waals surface area (Å²) in [5.74, 6) is -2.01. The molecule has 0 fully saturated rings. The Labute approximate surface area is 159 Å². The van der Waals surface area contributed by atoms with Gasteiger partial charge in [-0.1, -0.05) is 6.07 Å². The van der Waals surface area contributed by atoms with Crippen molar-refractivity contribution in [2.45, 2.75) is 19.6 Å². The van der Waals surface area contributed by atoms with Crippen molar-refractivity contribution < 1.29 is 22.7 Å². The van der Waals surface area contributed by atoms with Gasteiger partial charge in [0.2, 0.25) is 0 Å². The summed E-state index contributed by atoms with van der Waals surface area (Å²) in [5.41, 5.74) is 0.533. The number of rotatable bonds is 5. The predicted molar refractivity (Wildman–Crippen MR) is 99.4 cm³/mol. The first-order chi connectivity index (χ1) is 12.8. The lowest BCUT2D eigenvalue weighted by Gasteiger charge is -2.25. The Hall–Kier alpha value is -2.38. The Morgan fingerprint density at radius 1 is 1.19 bits per heavy atom. The first-order valence-corrected chi connectivity index (χ1v) is 9.07. The van der Waals surface area contributed by atoms with Crippen LogP contribution in [0.25, 0.3) is 10.1 Å². The molecule has 2 aromatic carbocycles. The lowest BCUT2D eigenvalue weighted by molar-refractivity contribution is 0.0741. The van der Waals surface area contributed by atoms with Gasteiger partial charge in [0.05, 0.1) is 17.5 Å². The minimum Gasteiger partial charge on any atom is -0.380 e. The molecule has 0 saturated heterocycles. The second kappa shape index (κ2) is 7.70. The molecule has 27 heavy (non-hydrogen) atoms. The molecule has 1 heterocycles. The van der Waals surface area contributed by atoms with Crippen molar-refractivity contribution in [3.8, 4) is 0 Å². The fourth-order valence-corrected chi connectivity index (χ4v) is 4.21. The van der Waals surface area contributed by atoms with Gasteiger partial charge in [0.1, 0.15) is 17.5 Å². The molecule has 3 aromatic rings. The third-order valence-electron chi connectivity index (χ3n) is 4.56. The molecule has 3 rings (SSSR count). The van der Waals surface area contributed by atoms with Crippen LogP contribution in [-0.2, 0) is 11.3 Å². The van der Waals surface area contributed by atoms with Gasteiger partial charge >= 0.3 is 0 Å². The van der Waals surface area contributed by atoms with Gasteiger partial charge in [-0.25, -0.2) is 13.2 Å². The number of halogens is 3. The zero-order chi connectivity index (χ0) is 19.7. The van der Waals surface area contributed by atoms with Crippen molar-refractivity contribution in [3.63, 3.8) is 0 Å². The molecule has 0 aliphatic carbocycles. The fraction of sp³-hybridized carbons (Fsp3) is 0.250. The number of methoxy groups -OCH3 is 1. The molecule has 142 valence electrons. The summed E-state index contributed by atoms with van der Waals surface area (Å²) in [7, 11) is 2.97. The number of fused-ring (bicyclic) bond motifs is 1. The van der Waals surface area contributed by atoms with Crippen LogP contribution in [0.3, 0.4) is 0 Å². The number of carbonyl (C=O) groups is 1. The molecule has 1 amide bonds. The second-order valence-electron chi connectivity index (χ2n) is 6.21. The molecule has 7 heteroatoms. The number of benzene rings is 2. The number of hydrogen-bond acceptors (Lipinski definition) is 3. The minimum atomic E-state index is -0.710. The monoisotopic (exact) mass is 393 g/mol. The zero-order valence-corrected chi connectivity index (χ0v) is 15.9. The highest BCUT2D eigenvalue weighted by atomic mass is 32.1. The maximum atomic E-state index is 14.3. The second-order valence-corrected chi connectivity index (χ2v) is 7.27. The van der Waals surface area contributed by atoms with E-state index in [4.69, 9.17) is 4.74 Å². The smallest absolute Gasteiger partial charge is 0.264 e. The summed E-state index contributed by atoms with van der Waals surface area (Å²) >= 11 is 1.16. The van der Waals surface area contributed by atoms with Gasteiger partial charge < -0.3 is 9.64 Å². The van der Waals surface area contributed by atoms with Gasteiger partial charge in [-0.05, 0) is 37.3 Å². The molecule has 0 spiro atoms. The van der Waals surface area contributed by atoms with Gasteiger partial charge in [-0.3, -0.25) is 4.79 Å². The highest BCUT2D eigenvalue weighted by Crippen LogP contribution is 2.35. The first-order valence-electron chi connectivity index (χ1n) is 8.26.